The van der Waals surface area contributed by atoms with Crippen LogP contribution in [0, 0.1) is 5.82 Å². The standard InChI is InChI=1S/C14H11BrFNO2/c1-19-13-8-9(16)6-7-12(13)17-14(18)10-4-2-3-5-11(10)15/h2-8H,1H3,(H,17,18). The molecule has 0 bridgehead atoms. The summed E-state index contributed by atoms with van der Waals surface area (Å²) in [4.78, 5) is 12.1. The molecule has 2 rings (SSSR count). The van der Waals surface area contributed by atoms with Gasteiger partial charge >= 0.3 is 0 Å². The highest BCUT2D eigenvalue weighted by atomic mass is 79.9. The zero-order valence-corrected chi connectivity index (χ0v) is 11.7. The molecule has 0 aliphatic heterocycles. The van der Waals surface area contributed by atoms with E-state index in [1.807, 2.05) is 6.07 Å². The topological polar surface area (TPSA) is 38.3 Å². The fourth-order valence-electron chi connectivity index (χ4n) is 1.60. The number of carbonyl (C=O) groups excluding carboxylic acids is 1. The summed E-state index contributed by atoms with van der Waals surface area (Å²) in [5.74, 6) is -0.437. The van der Waals surface area contributed by atoms with Gasteiger partial charge in [0, 0.05) is 10.5 Å². The molecule has 0 aliphatic carbocycles. The molecule has 1 N–H and O–H groups in total. The minimum atomic E-state index is -0.421. The van der Waals surface area contributed by atoms with Crippen LogP contribution in [0.5, 0.6) is 5.75 Å². The summed E-state index contributed by atoms with van der Waals surface area (Å²) < 4.78 is 18.8. The maximum atomic E-state index is 13.1. The van der Waals surface area contributed by atoms with Crippen molar-refractivity contribution >= 4 is 27.5 Å². The van der Waals surface area contributed by atoms with Crippen LogP contribution in [0.1, 0.15) is 10.4 Å². The Morgan fingerprint density at radius 2 is 2.00 bits per heavy atom. The minimum Gasteiger partial charge on any atom is -0.494 e. The molecule has 0 radical (unpaired) electrons. The first-order chi connectivity index (χ1) is 9.11. The lowest BCUT2D eigenvalue weighted by atomic mass is 10.2. The number of halogens is 2. The summed E-state index contributed by atoms with van der Waals surface area (Å²) in [6, 6.07) is 11.0. The molecule has 0 spiro atoms. The number of methoxy groups -OCH3 is 1. The molecule has 1 amide bonds. The summed E-state index contributed by atoms with van der Waals surface area (Å²) in [7, 11) is 1.42. The first-order valence-corrected chi connectivity index (χ1v) is 6.30. The molecule has 98 valence electrons. The second-order valence-corrected chi connectivity index (χ2v) is 4.63. The van der Waals surface area contributed by atoms with Gasteiger partial charge in [-0.15, -0.1) is 0 Å². The Balaban J connectivity index is 2.27. The van der Waals surface area contributed by atoms with Crippen LogP contribution in [0.15, 0.2) is 46.9 Å². The number of rotatable bonds is 3. The van der Waals surface area contributed by atoms with Gasteiger partial charge in [0.05, 0.1) is 18.4 Å². The van der Waals surface area contributed by atoms with E-state index in [1.54, 1.807) is 18.2 Å². The monoisotopic (exact) mass is 323 g/mol. The van der Waals surface area contributed by atoms with Gasteiger partial charge in [-0.2, -0.15) is 0 Å². The van der Waals surface area contributed by atoms with Crippen LogP contribution in [-0.2, 0) is 0 Å². The van der Waals surface area contributed by atoms with Crippen LogP contribution in [0.25, 0.3) is 0 Å². The Morgan fingerprint density at radius 1 is 1.26 bits per heavy atom. The quantitative estimate of drug-likeness (QED) is 0.931. The predicted octanol–water partition coefficient (Wildman–Crippen LogP) is 3.85. The van der Waals surface area contributed by atoms with Gasteiger partial charge in [0.15, 0.2) is 0 Å². The van der Waals surface area contributed by atoms with E-state index in [-0.39, 0.29) is 11.7 Å². The van der Waals surface area contributed by atoms with Crippen molar-refractivity contribution in [2.75, 3.05) is 12.4 Å². The van der Waals surface area contributed by atoms with E-state index < -0.39 is 5.82 Å². The summed E-state index contributed by atoms with van der Waals surface area (Å²) in [5, 5.41) is 2.69. The number of benzene rings is 2. The third-order valence-electron chi connectivity index (χ3n) is 2.53. The van der Waals surface area contributed by atoms with E-state index >= 15 is 0 Å². The molecule has 5 heteroatoms. The van der Waals surface area contributed by atoms with Gasteiger partial charge in [-0.05, 0) is 40.2 Å². The highest BCUT2D eigenvalue weighted by Gasteiger charge is 2.12. The molecule has 0 saturated heterocycles. The number of ether oxygens (including phenoxy) is 1. The lowest BCUT2D eigenvalue weighted by Gasteiger charge is -2.10. The third kappa shape index (κ3) is 3.12. The largest absolute Gasteiger partial charge is 0.494 e. The second kappa shape index (κ2) is 5.84. The van der Waals surface area contributed by atoms with Gasteiger partial charge < -0.3 is 10.1 Å². The molecule has 0 fully saturated rings. The minimum absolute atomic E-state index is 0.278. The van der Waals surface area contributed by atoms with Crippen molar-refractivity contribution < 1.29 is 13.9 Å². The Bertz CT molecular complexity index is 616. The van der Waals surface area contributed by atoms with Gasteiger partial charge in [-0.1, -0.05) is 12.1 Å². The zero-order valence-electron chi connectivity index (χ0n) is 10.1. The Morgan fingerprint density at radius 3 is 2.68 bits per heavy atom. The van der Waals surface area contributed by atoms with Crippen molar-refractivity contribution in [2.24, 2.45) is 0 Å². The summed E-state index contributed by atoms with van der Waals surface area (Å²) in [5.41, 5.74) is 0.915. The highest BCUT2D eigenvalue weighted by Crippen LogP contribution is 2.26. The van der Waals surface area contributed by atoms with E-state index in [0.29, 0.717) is 15.7 Å². The van der Waals surface area contributed by atoms with Crippen molar-refractivity contribution in [3.05, 3.63) is 58.3 Å². The molecule has 0 aromatic heterocycles. The lowest BCUT2D eigenvalue weighted by molar-refractivity contribution is 0.102. The Hall–Kier alpha value is -1.88. The van der Waals surface area contributed by atoms with E-state index in [0.717, 1.165) is 0 Å². The number of nitrogens with one attached hydrogen (secondary N) is 1. The van der Waals surface area contributed by atoms with Crippen LogP contribution < -0.4 is 10.1 Å². The molecule has 0 heterocycles. The van der Waals surface area contributed by atoms with E-state index in [2.05, 4.69) is 21.2 Å². The van der Waals surface area contributed by atoms with Crippen molar-refractivity contribution in [1.29, 1.82) is 0 Å². The van der Waals surface area contributed by atoms with Gasteiger partial charge in [0.25, 0.3) is 5.91 Å². The molecule has 0 atom stereocenters. The molecule has 2 aromatic rings. The van der Waals surface area contributed by atoms with Crippen LogP contribution in [0.3, 0.4) is 0 Å². The third-order valence-corrected chi connectivity index (χ3v) is 3.22. The Kier molecular flexibility index (Phi) is 4.16. The van der Waals surface area contributed by atoms with Gasteiger partial charge in [0.2, 0.25) is 0 Å². The van der Waals surface area contributed by atoms with E-state index in [4.69, 9.17) is 4.74 Å². The second-order valence-electron chi connectivity index (χ2n) is 3.78. The molecule has 0 aliphatic rings. The van der Waals surface area contributed by atoms with Gasteiger partial charge in [0.1, 0.15) is 11.6 Å². The first-order valence-electron chi connectivity index (χ1n) is 5.51. The number of hydrogen-bond donors (Lipinski definition) is 1. The molecule has 0 saturated carbocycles. The van der Waals surface area contributed by atoms with E-state index in [1.165, 1.54) is 25.3 Å². The fourth-order valence-corrected chi connectivity index (χ4v) is 2.07. The number of anilines is 1. The maximum absolute atomic E-state index is 13.1. The summed E-state index contributed by atoms with van der Waals surface area (Å²) in [6.07, 6.45) is 0. The average Bonchev–Trinajstić information content (AvgIpc) is 2.41. The van der Waals surface area contributed by atoms with Crippen LogP contribution in [0.2, 0.25) is 0 Å². The Labute approximate surface area is 118 Å². The normalized spacial score (nSPS) is 10.1. The smallest absolute Gasteiger partial charge is 0.256 e. The van der Waals surface area contributed by atoms with Crippen molar-refractivity contribution in [2.45, 2.75) is 0 Å². The molecule has 19 heavy (non-hydrogen) atoms. The number of amides is 1. The molecular weight excluding hydrogens is 313 g/mol. The van der Waals surface area contributed by atoms with Gasteiger partial charge in [-0.3, -0.25) is 4.79 Å². The molecule has 2 aromatic carbocycles. The molecular formula is C14H11BrFNO2. The van der Waals surface area contributed by atoms with Crippen LogP contribution in [0.4, 0.5) is 10.1 Å². The molecule has 3 nitrogen and oxygen atoms in total. The predicted molar refractivity (Wildman–Crippen MR) is 75.0 cm³/mol. The number of hydrogen-bond acceptors (Lipinski definition) is 2. The van der Waals surface area contributed by atoms with Crippen molar-refractivity contribution in [3.63, 3.8) is 0 Å². The first kappa shape index (κ1) is 13.5. The summed E-state index contributed by atoms with van der Waals surface area (Å²) in [6.45, 7) is 0. The van der Waals surface area contributed by atoms with Crippen LogP contribution in [-0.4, -0.2) is 13.0 Å². The number of carbonyl (C=O) groups is 1. The zero-order chi connectivity index (χ0) is 13.8. The maximum Gasteiger partial charge on any atom is 0.256 e. The molecule has 0 unspecified atom stereocenters. The highest BCUT2D eigenvalue weighted by molar-refractivity contribution is 9.10. The van der Waals surface area contributed by atoms with Crippen molar-refractivity contribution in [3.8, 4) is 5.75 Å². The fraction of sp³-hybridized carbons (Fsp3) is 0.0714. The summed E-state index contributed by atoms with van der Waals surface area (Å²) >= 11 is 3.31. The average molecular weight is 324 g/mol. The van der Waals surface area contributed by atoms with Crippen LogP contribution >= 0.6 is 15.9 Å². The van der Waals surface area contributed by atoms with E-state index in [9.17, 15) is 9.18 Å². The lowest BCUT2D eigenvalue weighted by Crippen LogP contribution is -2.13. The van der Waals surface area contributed by atoms with Crippen molar-refractivity contribution in [1.82, 2.24) is 0 Å². The SMILES string of the molecule is COc1cc(F)ccc1NC(=O)c1ccccc1Br. The van der Waals surface area contributed by atoms with Gasteiger partial charge in [-0.25, -0.2) is 4.39 Å².